The number of esters is 1. The topological polar surface area (TPSA) is 26.3 Å². The molecule has 0 radical (unpaired) electrons. The Hall–Kier alpha value is -1.83. The van der Waals surface area contributed by atoms with Gasteiger partial charge in [-0.25, -0.2) is 0 Å². The minimum atomic E-state index is -0.131. The molecular formula is C26H36O2. The van der Waals surface area contributed by atoms with E-state index in [1.165, 1.54) is 62.3 Å². The summed E-state index contributed by atoms with van der Waals surface area (Å²) in [7, 11) is 0. The molecule has 0 unspecified atom stereocenters. The number of rotatable bonds is 9. The quantitative estimate of drug-likeness (QED) is 0.252. The summed E-state index contributed by atoms with van der Waals surface area (Å²) >= 11 is 0. The van der Waals surface area contributed by atoms with Crippen molar-refractivity contribution in [3.05, 3.63) is 42.0 Å². The highest BCUT2D eigenvalue weighted by Crippen LogP contribution is 2.38. The summed E-state index contributed by atoms with van der Waals surface area (Å²) in [5, 5.41) is 2.40. The predicted molar refractivity (Wildman–Crippen MR) is 118 cm³/mol. The van der Waals surface area contributed by atoms with E-state index in [9.17, 15) is 4.79 Å². The molecule has 152 valence electrons. The van der Waals surface area contributed by atoms with E-state index in [-0.39, 0.29) is 5.97 Å². The van der Waals surface area contributed by atoms with Crippen LogP contribution in [0, 0.1) is 5.92 Å². The number of ether oxygens (including phenoxy) is 1. The Labute approximate surface area is 170 Å². The van der Waals surface area contributed by atoms with E-state index < -0.39 is 0 Å². The van der Waals surface area contributed by atoms with Gasteiger partial charge in [-0.15, -0.1) is 0 Å². The molecule has 0 heterocycles. The van der Waals surface area contributed by atoms with E-state index in [0.29, 0.717) is 18.1 Å². The van der Waals surface area contributed by atoms with Gasteiger partial charge in [0.1, 0.15) is 5.75 Å². The third kappa shape index (κ3) is 5.83. The van der Waals surface area contributed by atoms with Crippen molar-refractivity contribution >= 4 is 16.7 Å². The van der Waals surface area contributed by atoms with Gasteiger partial charge in [-0.05, 0) is 72.4 Å². The summed E-state index contributed by atoms with van der Waals surface area (Å²) in [6.07, 6.45) is 13.4. The van der Waals surface area contributed by atoms with Crippen LogP contribution in [0.5, 0.6) is 5.75 Å². The van der Waals surface area contributed by atoms with Gasteiger partial charge in [0.05, 0.1) is 0 Å². The van der Waals surface area contributed by atoms with Crippen LogP contribution < -0.4 is 4.74 Å². The maximum atomic E-state index is 11.9. The highest BCUT2D eigenvalue weighted by atomic mass is 16.5. The van der Waals surface area contributed by atoms with Gasteiger partial charge in [0.2, 0.25) is 0 Å². The molecule has 1 saturated carbocycles. The molecule has 0 aromatic heterocycles. The van der Waals surface area contributed by atoms with Gasteiger partial charge in [0.15, 0.2) is 0 Å². The Morgan fingerprint density at radius 3 is 2.36 bits per heavy atom. The standard InChI is InChI=1S/C26H36O2/c1-3-5-7-8-20-10-12-21(13-11-20)22-14-15-24-19-25(17-16-23(24)18-22)28-26(27)9-6-4-2/h14-21H,3-13H2,1-2H3. The van der Waals surface area contributed by atoms with E-state index in [4.69, 9.17) is 4.74 Å². The van der Waals surface area contributed by atoms with E-state index >= 15 is 0 Å². The fourth-order valence-electron chi connectivity index (χ4n) is 4.53. The van der Waals surface area contributed by atoms with E-state index in [1.807, 2.05) is 12.1 Å². The van der Waals surface area contributed by atoms with Crippen molar-refractivity contribution in [3.8, 4) is 5.75 Å². The first kappa shape index (κ1) is 20.9. The van der Waals surface area contributed by atoms with Crippen molar-refractivity contribution in [2.75, 3.05) is 0 Å². The first-order valence-corrected chi connectivity index (χ1v) is 11.4. The fourth-order valence-corrected chi connectivity index (χ4v) is 4.53. The maximum Gasteiger partial charge on any atom is 0.311 e. The lowest BCUT2D eigenvalue weighted by Crippen LogP contribution is -2.13. The van der Waals surface area contributed by atoms with Gasteiger partial charge >= 0.3 is 5.97 Å². The molecule has 0 atom stereocenters. The lowest BCUT2D eigenvalue weighted by atomic mass is 9.77. The Morgan fingerprint density at radius 2 is 1.61 bits per heavy atom. The van der Waals surface area contributed by atoms with Crippen molar-refractivity contribution < 1.29 is 9.53 Å². The van der Waals surface area contributed by atoms with Crippen LogP contribution in [-0.4, -0.2) is 5.97 Å². The second kappa shape index (κ2) is 10.6. The Bertz CT molecular complexity index is 756. The summed E-state index contributed by atoms with van der Waals surface area (Å²) in [4.78, 5) is 11.9. The smallest absolute Gasteiger partial charge is 0.311 e. The number of hydrogen-bond acceptors (Lipinski definition) is 2. The normalized spacial score (nSPS) is 19.6. The first-order valence-electron chi connectivity index (χ1n) is 11.4. The molecule has 0 amide bonds. The SMILES string of the molecule is CCCCCC1CCC(c2ccc3cc(OC(=O)CCCC)ccc3c2)CC1. The van der Waals surface area contributed by atoms with Crippen molar-refractivity contribution in [2.45, 2.75) is 90.4 Å². The number of hydrogen-bond donors (Lipinski definition) is 0. The van der Waals surface area contributed by atoms with Crippen LogP contribution in [0.4, 0.5) is 0 Å². The number of fused-ring (bicyclic) bond motifs is 1. The zero-order valence-corrected chi connectivity index (χ0v) is 17.7. The molecule has 1 aliphatic carbocycles. The molecule has 0 N–H and O–H groups in total. The van der Waals surface area contributed by atoms with Gasteiger partial charge in [-0.1, -0.05) is 70.2 Å². The van der Waals surface area contributed by atoms with Crippen LogP contribution in [-0.2, 0) is 4.79 Å². The first-order chi connectivity index (χ1) is 13.7. The Balaban J connectivity index is 1.59. The maximum absolute atomic E-state index is 11.9. The van der Waals surface area contributed by atoms with E-state index in [0.717, 1.165) is 24.1 Å². The largest absolute Gasteiger partial charge is 0.427 e. The molecule has 2 nitrogen and oxygen atoms in total. The Morgan fingerprint density at radius 1 is 0.893 bits per heavy atom. The average Bonchev–Trinajstić information content (AvgIpc) is 2.72. The second-order valence-electron chi connectivity index (χ2n) is 8.56. The minimum absolute atomic E-state index is 0.131. The summed E-state index contributed by atoms with van der Waals surface area (Å²) in [6.45, 7) is 4.37. The molecule has 2 heteroatoms. The minimum Gasteiger partial charge on any atom is -0.427 e. The fraction of sp³-hybridized carbons (Fsp3) is 0.577. The zero-order valence-electron chi connectivity index (χ0n) is 17.7. The van der Waals surface area contributed by atoms with Gasteiger partial charge in [0, 0.05) is 6.42 Å². The average molecular weight is 381 g/mol. The van der Waals surface area contributed by atoms with Gasteiger partial charge < -0.3 is 4.74 Å². The molecule has 2 aromatic rings. The molecule has 3 rings (SSSR count). The van der Waals surface area contributed by atoms with Crippen LogP contribution >= 0.6 is 0 Å². The molecule has 0 bridgehead atoms. The van der Waals surface area contributed by atoms with Gasteiger partial charge in [-0.3, -0.25) is 4.79 Å². The molecule has 0 saturated heterocycles. The molecule has 1 fully saturated rings. The highest BCUT2D eigenvalue weighted by Gasteiger charge is 2.22. The van der Waals surface area contributed by atoms with Crippen molar-refractivity contribution in [1.82, 2.24) is 0 Å². The zero-order chi connectivity index (χ0) is 19.8. The van der Waals surface area contributed by atoms with E-state index in [1.54, 1.807) is 0 Å². The second-order valence-corrected chi connectivity index (χ2v) is 8.56. The van der Waals surface area contributed by atoms with Crippen LogP contribution in [0.1, 0.15) is 96.0 Å². The van der Waals surface area contributed by atoms with Crippen molar-refractivity contribution in [2.24, 2.45) is 5.92 Å². The molecule has 1 aliphatic rings. The van der Waals surface area contributed by atoms with Gasteiger partial charge in [0.25, 0.3) is 0 Å². The van der Waals surface area contributed by atoms with Crippen LogP contribution in [0.25, 0.3) is 10.8 Å². The summed E-state index contributed by atoms with van der Waals surface area (Å²) in [6, 6.07) is 12.8. The summed E-state index contributed by atoms with van der Waals surface area (Å²) < 4.78 is 5.48. The highest BCUT2D eigenvalue weighted by molar-refractivity contribution is 5.85. The van der Waals surface area contributed by atoms with Gasteiger partial charge in [-0.2, -0.15) is 0 Å². The molecule has 0 aliphatic heterocycles. The lowest BCUT2D eigenvalue weighted by Gasteiger charge is -2.29. The van der Waals surface area contributed by atoms with Crippen molar-refractivity contribution in [3.63, 3.8) is 0 Å². The number of carbonyl (C=O) groups is 1. The summed E-state index contributed by atoms with van der Waals surface area (Å²) in [5.74, 6) is 2.19. The number of carbonyl (C=O) groups excluding carboxylic acids is 1. The van der Waals surface area contributed by atoms with Crippen LogP contribution in [0.2, 0.25) is 0 Å². The number of benzene rings is 2. The summed E-state index contributed by atoms with van der Waals surface area (Å²) in [5.41, 5.74) is 1.48. The number of unbranched alkanes of at least 4 members (excludes halogenated alkanes) is 3. The van der Waals surface area contributed by atoms with Crippen LogP contribution in [0.3, 0.4) is 0 Å². The third-order valence-electron chi connectivity index (χ3n) is 6.34. The molecule has 0 spiro atoms. The Kier molecular flexibility index (Phi) is 7.94. The monoisotopic (exact) mass is 380 g/mol. The molecule has 2 aromatic carbocycles. The third-order valence-corrected chi connectivity index (χ3v) is 6.34. The molecule has 28 heavy (non-hydrogen) atoms. The predicted octanol–water partition coefficient (Wildman–Crippen LogP) is 7.79. The van der Waals surface area contributed by atoms with Crippen LogP contribution in [0.15, 0.2) is 36.4 Å². The van der Waals surface area contributed by atoms with Crippen molar-refractivity contribution in [1.29, 1.82) is 0 Å². The van der Waals surface area contributed by atoms with E-state index in [2.05, 4.69) is 38.1 Å². The molecular weight excluding hydrogens is 344 g/mol. The lowest BCUT2D eigenvalue weighted by molar-refractivity contribution is -0.134.